The van der Waals surface area contributed by atoms with Crippen molar-refractivity contribution in [3.05, 3.63) is 70.5 Å². The zero-order valence-corrected chi connectivity index (χ0v) is 17.5. The van der Waals surface area contributed by atoms with Crippen LogP contribution in [-0.4, -0.2) is 35.1 Å². The summed E-state index contributed by atoms with van der Waals surface area (Å²) in [4.78, 5) is 26.6. The average Bonchev–Trinajstić information content (AvgIpc) is 2.68. The van der Waals surface area contributed by atoms with Gasteiger partial charge >= 0.3 is 0 Å². The first-order valence-corrected chi connectivity index (χ1v) is 10.6. The van der Waals surface area contributed by atoms with E-state index in [9.17, 15) is 14.0 Å². The highest BCUT2D eigenvalue weighted by molar-refractivity contribution is 7.99. The molecule has 0 heterocycles. The van der Waals surface area contributed by atoms with Gasteiger partial charge in [0.15, 0.2) is 0 Å². The molecule has 1 unspecified atom stereocenters. The molecule has 2 aromatic rings. The first-order chi connectivity index (χ1) is 13.4. The minimum Gasteiger partial charge on any atom is -0.355 e. The van der Waals surface area contributed by atoms with E-state index in [1.54, 1.807) is 31.2 Å². The molecule has 4 nitrogen and oxygen atoms in total. The molecule has 0 aromatic heterocycles. The second-order valence-corrected chi connectivity index (χ2v) is 7.66. The lowest BCUT2D eigenvalue weighted by molar-refractivity contribution is -0.138. The van der Waals surface area contributed by atoms with Crippen LogP contribution in [0.1, 0.15) is 25.0 Å². The molecular weight excluding hydrogens is 399 g/mol. The molecule has 0 spiro atoms. The third-order valence-electron chi connectivity index (χ3n) is 4.26. The average molecular weight is 423 g/mol. The molecule has 0 radical (unpaired) electrons. The summed E-state index contributed by atoms with van der Waals surface area (Å²) in [7, 11) is 0. The van der Waals surface area contributed by atoms with Crippen LogP contribution in [0.15, 0.2) is 48.5 Å². The van der Waals surface area contributed by atoms with Gasteiger partial charge in [-0.25, -0.2) is 4.39 Å². The molecule has 0 saturated carbocycles. The van der Waals surface area contributed by atoms with E-state index in [-0.39, 0.29) is 24.1 Å². The molecule has 2 amide bonds. The van der Waals surface area contributed by atoms with Crippen LogP contribution < -0.4 is 5.32 Å². The Kier molecular flexibility index (Phi) is 8.80. The van der Waals surface area contributed by atoms with Crippen LogP contribution in [0.4, 0.5) is 4.39 Å². The van der Waals surface area contributed by atoms with Gasteiger partial charge in [0.1, 0.15) is 11.9 Å². The number of hydrogen-bond acceptors (Lipinski definition) is 3. The molecule has 0 bridgehead atoms. The highest BCUT2D eigenvalue weighted by atomic mass is 35.5. The fourth-order valence-electron chi connectivity index (χ4n) is 2.66. The van der Waals surface area contributed by atoms with Gasteiger partial charge in [-0.3, -0.25) is 9.59 Å². The molecular formula is C21H24ClFN2O2S. The minimum atomic E-state index is -0.701. The number of hydrogen-bond donors (Lipinski definition) is 1. The maximum atomic E-state index is 14.1. The second kappa shape index (κ2) is 11.1. The molecule has 0 saturated heterocycles. The summed E-state index contributed by atoms with van der Waals surface area (Å²) >= 11 is 7.56. The maximum absolute atomic E-state index is 14.1. The maximum Gasteiger partial charge on any atom is 0.242 e. The van der Waals surface area contributed by atoms with Gasteiger partial charge in [0.25, 0.3) is 0 Å². The third kappa shape index (κ3) is 6.24. The predicted octanol–water partition coefficient (Wildman–Crippen LogP) is 4.27. The van der Waals surface area contributed by atoms with Crippen molar-refractivity contribution in [2.45, 2.75) is 32.2 Å². The van der Waals surface area contributed by atoms with E-state index < -0.39 is 11.9 Å². The highest BCUT2D eigenvalue weighted by Crippen LogP contribution is 2.22. The van der Waals surface area contributed by atoms with E-state index in [1.807, 2.05) is 25.1 Å². The number of nitrogens with one attached hydrogen (secondary N) is 1. The summed E-state index contributed by atoms with van der Waals surface area (Å²) in [6.45, 7) is 3.97. The molecule has 2 aromatic carbocycles. The van der Waals surface area contributed by atoms with Gasteiger partial charge < -0.3 is 10.2 Å². The quantitative estimate of drug-likeness (QED) is 0.656. The van der Waals surface area contributed by atoms with Crippen LogP contribution in [-0.2, 0) is 21.9 Å². The molecule has 28 heavy (non-hydrogen) atoms. The molecule has 0 aliphatic carbocycles. The van der Waals surface area contributed by atoms with Gasteiger partial charge in [-0.1, -0.05) is 48.0 Å². The van der Waals surface area contributed by atoms with E-state index >= 15 is 0 Å². The van der Waals surface area contributed by atoms with E-state index in [0.29, 0.717) is 22.9 Å². The first kappa shape index (κ1) is 22.2. The normalized spacial score (nSPS) is 11.7. The standard InChI is InChI=1S/C21H24ClFN2O2S/c1-3-24-21(27)15(2)25(12-16-8-5-7-11-19(16)23)20(26)14-28-13-17-9-4-6-10-18(17)22/h4-11,15H,3,12-14H2,1-2H3,(H,24,27). The van der Waals surface area contributed by atoms with Crippen LogP contribution in [0.5, 0.6) is 0 Å². The summed E-state index contributed by atoms with van der Waals surface area (Å²) in [5.41, 5.74) is 1.32. The van der Waals surface area contributed by atoms with Crippen LogP contribution in [0.3, 0.4) is 0 Å². The Bertz CT molecular complexity index is 818. The Hall–Kier alpha value is -2.05. The number of nitrogens with zero attached hydrogens (tertiary/aromatic N) is 1. The van der Waals surface area contributed by atoms with Crippen LogP contribution in [0.25, 0.3) is 0 Å². The van der Waals surface area contributed by atoms with Crippen molar-refractivity contribution in [3.63, 3.8) is 0 Å². The molecule has 150 valence electrons. The number of likely N-dealkylation sites (N-methyl/N-ethyl adjacent to an activating group) is 1. The SMILES string of the molecule is CCNC(=O)C(C)N(Cc1ccccc1F)C(=O)CSCc1ccccc1Cl. The van der Waals surface area contributed by atoms with Gasteiger partial charge in [-0.2, -0.15) is 0 Å². The van der Waals surface area contributed by atoms with E-state index in [4.69, 9.17) is 11.6 Å². The van der Waals surface area contributed by atoms with E-state index in [0.717, 1.165) is 5.56 Å². The van der Waals surface area contributed by atoms with E-state index in [1.165, 1.54) is 22.7 Å². The van der Waals surface area contributed by atoms with Crippen molar-refractivity contribution in [3.8, 4) is 0 Å². The lowest BCUT2D eigenvalue weighted by Crippen LogP contribution is -2.48. The summed E-state index contributed by atoms with van der Waals surface area (Å²) < 4.78 is 14.1. The monoisotopic (exact) mass is 422 g/mol. The number of benzene rings is 2. The fraction of sp³-hybridized carbons (Fsp3) is 0.333. The largest absolute Gasteiger partial charge is 0.355 e. The third-order valence-corrected chi connectivity index (χ3v) is 5.59. The summed E-state index contributed by atoms with van der Waals surface area (Å²) in [5, 5.41) is 3.37. The molecule has 1 atom stereocenters. The van der Waals surface area contributed by atoms with Gasteiger partial charge in [0.2, 0.25) is 11.8 Å². The topological polar surface area (TPSA) is 49.4 Å². The van der Waals surface area contributed by atoms with Crippen molar-refractivity contribution < 1.29 is 14.0 Å². The van der Waals surface area contributed by atoms with Crippen molar-refractivity contribution in [2.75, 3.05) is 12.3 Å². The molecule has 0 aliphatic heterocycles. The van der Waals surface area contributed by atoms with Gasteiger partial charge in [0.05, 0.1) is 5.75 Å². The Morgan fingerprint density at radius 3 is 2.43 bits per heavy atom. The summed E-state index contributed by atoms with van der Waals surface area (Å²) in [6, 6.07) is 13.0. The van der Waals surface area contributed by atoms with Crippen LogP contribution >= 0.6 is 23.4 Å². The molecule has 2 rings (SSSR count). The summed E-state index contributed by atoms with van der Waals surface area (Å²) in [5.74, 6) is -0.132. The van der Waals surface area contributed by atoms with E-state index in [2.05, 4.69) is 5.32 Å². The minimum absolute atomic E-state index is 0.0382. The number of rotatable bonds is 9. The molecule has 7 heteroatoms. The number of thioether (sulfide) groups is 1. The zero-order chi connectivity index (χ0) is 20.5. The number of halogens is 2. The van der Waals surface area contributed by atoms with Crippen molar-refractivity contribution in [1.29, 1.82) is 0 Å². The van der Waals surface area contributed by atoms with Crippen molar-refractivity contribution in [1.82, 2.24) is 10.2 Å². The fourth-order valence-corrected chi connectivity index (χ4v) is 3.86. The zero-order valence-electron chi connectivity index (χ0n) is 16.0. The Labute approximate surface area is 174 Å². The van der Waals surface area contributed by atoms with Crippen LogP contribution in [0, 0.1) is 5.82 Å². The van der Waals surface area contributed by atoms with Crippen molar-refractivity contribution in [2.24, 2.45) is 0 Å². The Morgan fingerprint density at radius 2 is 1.79 bits per heavy atom. The molecule has 1 N–H and O–H groups in total. The predicted molar refractivity (Wildman–Crippen MR) is 113 cm³/mol. The van der Waals surface area contributed by atoms with Crippen LogP contribution in [0.2, 0.25) is 5.02 Å². The lowest BCUT2D eigenvalue weighted by atomic mass is 10.1. The van der Waals surface area contributed by atoms with Gasteiger partial charge in [-0.05, 0) is 31.5 Å². The number of amides is 2. The first-order valence-electron chi connectivity index (χ1n) is 9.05. The lowest BCUT2D eigenvalue weighted by Gasteiger charge is -2.28. The second-order valence-electron chi connectivity index (χ2n) is 6.27. The van der Waals surface area contributed by atoms with Crippen molar-refractivity contribution >= 4 is 35.2 Å². The number of carbonyl (C=O) groups is 2. The smallest absolute Gasteiger partial charge is 0.242 e. The Morgan fingerprint density at radius 1 is 1.14 bits per heavy atom. The Balaban J connectivity index is 2.08. The molecule has 0 aliphatic rings. The number of carbonyl (C=O) groups excluding carboxylic acids is 2. The highest BCUT2D eigenvalue weighted by Gasteiger charge is 2.26. The van der Waals surface area contributed by atoms with Gasteiger partial charge in [0, 0.05) is 29.4 Å². The molecule has 0 fully saturated rings. The van der Waals surface area contributed by atoms with Gasteiger partial charge in [-0.15, -0.1) is 11.8 Å². The summed E-state index contributed by atoms with van der Waals surface area (Å²) in [6.07, 6.45) is 0.